The zero-order valence-corrected chi connectivity index (χ0v) is 14.7. The monoisotopic (exact) mass is 274 g/mol. The Bertz CT molecular complexity index is 370. The molecular weight excluding hydrogens is 240 g/mol. The Labute approximate surface area is 127 Å². The molecule has 0 aliphatic heterocycles. The largest absolute Gasteiger partial charge is 0.0648 e. The van der Waals surface area contributed by atoms with Crippen molar-refractivity contribution in [3.63, 3.8) is 0 Å². The van der Waals surface area contributed by atoms with Crippen LogP contribution in [-0.2, 0) is 5.41 Å². The normalized spacial score (nSPS) is 12.4. The van der Waals surface area contributed by atoms with Crippen LogP contribution in [0.2, 0.25) is 0 Å². The first kappa shape index (κ1) is 17.3. The van der Waals surface area contributed by atoms with E-state index in [0.717, 1.165) is 0 Å². The van der Waals surface area contributed by atoms with E-state index in [-0.39, 0.29) is 5.41 Å². The van der Waals surface area contributed by atoms with Gasteiger partial charge in [0.1, 0.15) is 0 Å². The molecule has 0 aromatic heterocycles. The van der Waals surface area contributed by atoms with Crippen molar-refractivity contribution < 1.29 is 0 Å². The lowest BCUT2D eigenvalue weighted by Gasteiger charge is -2.32. The molecule has 0 saturated heterocycles. The fourth-order valence-corrected chi connectivity index (χ4v) is 3.59. The highest BCUT2D eigenvalue weighted by Crippen LogP contribution is 2.40. The van der Waals surface area contributed by atoms with E-state index >= 15 is 0 Å². The van der Waals surface area contributed by atoms with Crippen molar-refractivity contribution in [2.24, 2.45) is 0 Å². The molecule has 114 valence electrons. The van der Waals surface area contributed by atoms with Gasteiger partial charge < -0.3 is 0 Å². The molecule has 0 fully saturated rings. The average Bonchev–Trinajstić information content (AvgIpc) is 2.40. The maximum atomic E-state index is 2.38. The first-order chi connectivity index (χ1) is 9.40. The van der Waals surface area contributed by atoms with Gasteiger partial charge in [-0.15, -0.1) is 0 Å². The Morgan fingerprint density at radius 1 is 0.750 bits per heavy atom. The van der Waals surface area contributed by atoms with Crippen LogP contribution in [0.1, 0.15) is 103 Å². The molecular formula is C20H34. The third kappa shape index (κ3) is 3.65. The van der Waals surface area contributed by atoms with Crippen LogP contribution in [0.4, 0.5) is 0 Å². The zero-order chi connectivity index (χ0) is 15.3. The van der Waals surface area contributed by atoms with E-state index in [4.69, 9.17) is 0 Å². The summed E-state index contributed by atoms with van der Waals surface area (Å²) in [4.78, 5) is 0. The highest BCUT2D eigenvalue weighted by atomic mass is 14.3. The Morgan fingerprint density at radius 3 is 1.35 bits per heavy atom. The maximum absolute atomic E-state index is 2.38. The molecule has 0 atom stereocenters. The van der Waals surface area contributed by atoms with Gasteiger partial charge in [0, 0.05) is 0 Å². The van der Waals surface area contributed by atoms with Crippen molar-refractivity contribution in [3.05, 3.63) is 34.9 Å². The lowest BCUT2D eigenvalue weighted by molar-refractivity contribution is 0.532. The van der Waals surface area contributed by atoms with Gasteiger partial charge in [-0.2, -0.15) is 0 Å². The average molecular weight is 274 g/mol. The van der Waals surface area contributed by atoms with Crippen molar-refractivity contribution in [3.8, 4) is 0 Å². The van der Waals surface area contributed by atoms with Crippen LogP contribution in [0.5, 0.6) is 0 Å². The summed E-state index contributed by atoms with van der Waals surface area (Å²) in [5.41, 5.74) is 5.07. The predicted molar refractivity (Wildman–Crippen MR) is 91.8 cm³/mol. The third-order valence-corrected chi connectivity index (χ3v) is 4.73. The molecule has 0 aliphatic rings. The summed E-state index contributed by atoms with van der Waals surface area (Å²) < 4.78 is 0. The van der Waals surface area contributed by atoms with Gasteiger partial charge in [-0.05, 0) is 59.6 Å². The van der Waals surface area contributed by atoms with Gasteiger partial charge in [-0.3, -0.25) is 0 Å². The molecule has 0 spiro atoms. The molecule has 1 rings (SSSR count). The molecule has 0 unspecified atom stereocenters. The lowest BCUT2D eigenvalue weighted by Crippen LogP contribution is -2.20. The van der Waals surface area contributed by atoms with E-state index in [2.05, 4.69) is 66.7 Å². The van der Waals surface area contributed by atoms with Crippen molar-refractivity contribution >= 4 is 0 Å². The Kier molecular flexibility index (Phi) is 6.30. The van der Waals surface area contributed by atoms with Gasteiger partial charge in [0.05, 0.1) is 0 Å². The zero-order valence-electron chi connectivity index (χ0n) is 14.7. The van der Waals surface area contributed by atoms with Gasteiger partial charge in [0.25, 0.3) is 0 Å². The van der Waals surface area contributed by atoms with E-state index < -0.39 is 0 Å². The number of benzene rings is 1. The second kappa shape index (κ2) is 7.29. The molecule has 0 bridgehead atoms. The van der Waals surface area contributed by atoms with Crippen LogP contribution in [0.15, 0.2) is 18.2 Å². The van der Waals surface area contributed by atoms with E-state index in [1.807, 2.05) is 0 Å². The molecule has 0 saturated carbocycles. The Morgan fingerprint density at radius 2 is 1.10 bits per heavy atom. The fourth-order valence-electron chi connectivity index (χ4n) is 3.59. The topological polar surface area (TPSA) is 0 Å². The molecule has 0 N–H and O–H groups in total. The highest BCUT2D eigenvalue weighted by molar-refractivity contribution is 5.44. The van der Waals surface area contributed by atoms with Crippen LogP contribution < -0.4 is 0 Å². The number of hydrogen-bond donors (Lipinski definition) is 0. The van der Waals surface area contributed by atoms with Crippen LogP contribution in [0.25, 0.3) is 0 Å². The number of hydrogen-bond acceptors (Lipinski definition) is 0. The lowest BCUT2D eigenvalue weighted by atomic mass is 9.73. The first-order valence-electron chi connectivity index (χ1n) is 8.53. The van der Waals surface area contributed by atoms with E-state index in [1.54, 1.807) is 16.7 Å². The maximum Gasteiger partial charge on any atom is -0.0126 e. The van der Waals surface area contributed by atoms with Crippen LogP contribution in [0.3, 0.4) is 0 Å². The summed E-state index contributed by atoms with van der Waals surface area (Å²) in [6.07, 6.45) is 4.97. The molecule has 0 heterocycles. The molecule has 0 radical (unpaired) electrons. The van der Waals surface area contributed by atoms with Crippen molar-refractivity contribution in [2.45, 2.75) is 91.4 Å². The van der Waals surface area contributed by atoms with E-state index in [0.29, 0.717) is 11.8 Å². The molecule has 0 heteroatoms. The summed E-state index contributed by atoms with van der Waals surface area (Å²) in [6, 6.07) is 7.05. The van der Waals surface area contributed by atoms with Crippen molar-refractivity contribution in [1.29, 1.82) is 0 Å². The molecule has 20 heavy (non-hydrogen) atoms. The summed E-state index contributed by atoms with van der Waals surface area (Å²) in [5, 5.41) is 0. The number of rotatable bonds is 6. The molecule has 0 nitrogen and oxygen atoms in total. The highest BCUT2D eigenvalue weighted by Gasteiger charge is 2.26. The molecule has 0 amide bonds. The van der Waals surface area contributed by atoms with E-state index in [1.165, 1.54) is 25.7 Å². The minimum atomic E-state index is 0.233. The van der Waals surface area contributed by atoms with Crippen LogP contribution >= 0.6 is 0 Å². The van der Waals surface area contributed by atoms with Gasteiger partial charge in [0.2, 0.25) is 0 Å². The standard InChI is InChI=1S/C20H34/c1-8-15(9-2)17-13-12-14-18(16(10-3)11-4)19(17)20(5,6)7/h12-16H,8-11H2,1-7H3. The minimum Gasteiger partial charge on any atom is -0.0648 e. The van der Waals surface area contributed by atoms with Gasteiger partial charge in [0.15, 0.2) is 0 Å². The van der Waals surface area contributed by atoms with E-state index in [9.17, 15) is 0 Å². The van der Waals surface area contributed by atoms with Crippen LogP contribution in [-0.4, -0.2) is 0 Å². The summed E-state index contributed by atoms with van der Waals surface area (Å²) in [7, 11) is 0. The smallest absolute Gasteiger partial charge is 0.0126 e. The van der Waals surface area contributed by atoms with Gasteiger partial charge in [-0.25, -0.2) is 0 Å². The second-order valence-corrected chi connectivity index (χ2v) is 7.09. The van der Waals surface area contributed by atoms with Gasteiger partial charge in [-0.1, -0.05) is 66.7 Å². The molecule has 0 aliphatic carbocycles. The Hall–Kier alpha value is -0.780. The second-order valence-electron chi connectivity index (χ2n) is 7.09. The minimum absolute atomic E-state index is 0.233. The Balaban J connectivity index is 3.50. The summed E-state index contributed by atoms with van der Waals surface area (Å²) >= 11 is 0. The molecule has 1 aromatic rings. The van der Waals surface area contributed by atoms with Crippen molar-refractivity contribution in [2.75, 3.05) is 0 Å². The van der Waals surface area contributed by atoms with Crippen LogP contribution in [0, 0.1) is 0 Å². The van der Waals surface area contributed by atoms with Gasteiger partial charge >= 0.3 is 0 Å². The SMILES string of the molecule is CCC(CC)c1cccc(C(CC)CC)c1C(C)(C)C. The summed E-state index contributed by atoms with van der Waals surface area (Å²) in [6.45, 7) is 16.4. The third-order valence-electron chi connectivity index (χ3n) is 4.73. The molecule has 1 aromatic carbocycles. The summed E-state index contributed by atoms with van der Waals surface area (Å²) in [5.74, 6) is 1.41. The quantitative estimate of drug-likeness (QED) is 0.535. The first-order valence-corrected chi connectivity index (χ1v) is 8.53. The van der Waals surface area contributed by atoms with Crippen molar-refractivity contribution in [1.82, 2.24) is 0 Å². The fraction of sp³-hybridized carbons (Fsp3) is 0.700. The predicted octanol–water partition coefficient (Wildman–Crippen LogP) is 6.79.